The highest BCUT2D eigenvalue weighted by molar-refractivity contribution is 7.92. The molecule has 7 nitrogen and oxygen atoms in total. The average molecular weight is 310 g/mol. The van der Waals surface area contributed by atoms with Gasteiger partial charge in [0.2, 0.25) is 5.91 Å². The molecule has 1 aromatic rings. The summed E-state index contributed by atoms with van der Waals surface area (Å²) < 4.78 is 22.6. The van der Waals surface area contributed by atoms with Gasteiger partial charge in [0, 0.05) is 19.0 Å². The zero-order valence-electron chi connectivity index (χ0n) is 11.7. The number of benzene rings is 1. The van der Waals surface area contributed by atoms with Crippen LogP contribution in [0.2, 0.25) is 0 Å². The van der Waals surface area contributed by atoms with Gasteiger partial charge in [0.1, 0.15) is 5.25 Å². The van der Waals surface area contributed by atoms with E-state index in [1.54, 1.807) is 0 Å². The highest BCUT2D eigenvalue weighted by Crippen LogP contribution is 2.24. The summed E-state index contributed by atoms with van der Waals surface area (Å²) in [4.78, 5) is 36.4. The van der Waals surface area contributed by atoms with Gasteiger partial charge in [-0.3, -0.25) is 19.3 Å². The van der Waals surface area contributed by atoms with E-state index in [1.807, 2.05) is 0 Å². The second-order valence-corrected chi connectivity index (χ2v) is 7.26. The third kappa shape index (κ3) is 2.66. The Bertz CT molecular complexity index is 754. The van der Waals surface area contributed by atoms with Crippen LogP contribution in [0.3, 0.4) is 0 Å². The Labute approximate surface area is 121 Å². The molecule has 0 spiro atoms. The van der Waals surface area contributed by atoms with E-state index in [1.165, 1.54) is 32.2 Å². The molecule has 1 aromatic carbocycles. The molecule has 1 unspecified atom stereocenters. The van der Waals surface area contributed by atoms with Gasteiger partial charge in [0.25, 0.3) is 11.8 Å². The van der Waals surface area contributed by atoms with E-state index in [2.05, 4.69) is 5.32 Å². The Morgan fingerprint density at radius 1 is 1.19 bits per heavy atom. The fraction of sp³-hybridized carbons (Fsp3) is 0.308. The van der Waals surface area contributed by atoms with Crippen molar-refractivity contribution in [3.8, 4) is 0 Å². The summed E-state index contributed by atoms with van der Waals surface area (Å²) in [5, 5.41) is 1.23. The SMILES string of the molecule is CC(C(=O)Nc1ccc2c(c1)C(=O)N(C)C2=O)S(C)(=O)=O. The van der Waals surface area contributed by atoms with Crippen LogP contribution in [-0.2, 0) is 14.6 Å². The van der Waals surface area contributed by atoms with E-state index >= 15 is 0 Å². The molecule has 112 valence electrons. The summed E-state index contributed by atoms with van der Waals surface area (Å²) in [5.41, 5.74) is 0.717. The first-order valence-electron chi connectivity index (χ1n) is 6.09. The van der Waals surface area contributed by atoms with Crippen molar-refractivity contribution < 1.29 is 22.8 Å². The molecule has 2 rings (SSSR count). The lowest BCUT2D eigenvalue weighted by atomic mass is 10.1. The van der Waals surface area contributed by atoms with Crippen molar-refractivity contribution in [3.63, 3.8) is 0 Å². The molecule has 21 heavy (non-hydrogen) atoms. The Morgan fingerprint density at radius 3 is 2.33 bits per heavy atom. The van der Waals surface area contributed by atoms with E-state index in [-0.39, 0.29) is 16.8 Å². The molecule has 8 heteroatoms. The molecule has 0 saturated carbocycles. The summed E-state index contributed by atoms with van der Waals surface area (Å²) >= 11 is 0. The molecular formula is C13H14N2O5S. The minimum atomic E-state index is -3.50. The number of nitrogens with one attached hydrogen (secondary N) is 1. The topological polar surface area (TPSA) is 101 Å². The number of rotatable bonds is 3. The first-order chi connectivity index (χ1) is 9.62. The van der Waals surface area contributed by atoms with Crippen LogP contribution in [0.15, 0.2) is 18.2 Å². The van der Waals surface area contributed by atoms with Gasteiger partial charge in [-0.15, -0.1) is 0 Å². The lowest BCUT2D eigenvalue weighted by Crippen LogP contribution is -2.31. The minimum absolute atomic E-state index is 0.187. The number of hydrogen-bond donors (Lipinski definition) is 1. The smallest absolute Gasteiger partial charge is 0.261 e. The molecule has 1 N–H and O–H groups in total. The van der Waals surface area contributed by atoms with Crippen LogP contribution in [0.25, 0.3) is 0 Å². The molecule has 1 heterocycles. The normalized spacial score (nSPS) is 15.9. The van der Waals surface area contributed by atoms with Gasteiger partial charge in [-0.25, -0.2) is 8.42 Å². The van der Waals surface area contributed by atoms with E-state index in [4.69, 9.17) is 0 Å². The number of anilines is 1. The molecule has 0 fully saturated rings. The first-order valence-corrected chi connectivity index (χ1v) is 8.04. The maximum absolute atomic E-state index is 11.8. The minimum Gasteiger partial charge on any atom is -0.325 e. The monoisotopic (exact) mass is 310 g/mol. The second kappa shape index (κ2) is 4.96. The Hall–Kier alpha value is -2.22. The Balaban J connectivity index is 2.28. The summed E-state index contributed by atoms with van der Waals surface area (Å²) in [6.45, 7) is 1.28. The molecule has 0 aliphatic carbocycles. The van der Waals surface area contributed by atoms with Gasteiger partial charge in [-0.05, 0) is 25.1 Å². The fourth-order valence-corrected chi connectivity index (χ4v) is 2.33. The van der Waals surface area contributed by atoms with Crippen LogP contribution in [0.1, 0.15) is 27.6 Å². The summed E-state index contributed by atoms with van der Waals surface area (Å²) in [5.74, 6) is -1.55. The van der Waals surface area contributed by atoms with Crippen molar-refractivity contribution in [2.45, 2.75) is 12.2 Å². The largest absolute Gasteiger partial charge is 0.325 e. The highest BCUT2D eigenvalue weighted by atomic mass is 32.2. The number of carbonyl (C=O) groups excluding carboxylic acids is 3. The quantitative estimate of drug-likeness (QED) is 0.808. The Morgan fingerprint density at radius 2 is 1.76 bits per heavy atom. The molecule has 3 amide bonds. The number of hydrogen-bond acceptors (Lipinski definition) is 5. The molecule has 1 aliphatic heterocycles. The molecular weight excluding hydrogens is 296 g/mol. The standard InChI is InChI=1S/C13H14N2O5S/c1-7(21(3,19)20)11(16)14-8-4-5-9-10(6-8)13(18)15(2)12(9)17/h4-7H,1-3H3,(H,14,16). The lowest BCUT2D eigenvalue weighted by molar-refractivity contribution is -0.115. The summed E-state index contributed by atoms with van der Waals surface area (Å²) in [6.07, 6.45) is 0.969. The van der Waals surface area contributed by atoms with Crippen molar-refractivity contribution >= 4 is 33.2 Å². The summed E-state index contributed by atoms with van der Waals surface area (Å²) in [6, 6.07) is 4.25. The number of sulfone groups is 1. The van der Waals surface area contributed by atoms with Crippen molar-refractivity contribution in [1.29, 1.82) is 0 Å². The van der Waals surface area contributed by atoms with Crippen LogP contribution < -0.4 is 5.32 Å². The maximum atomic E-state index is 11.8. The molecule has 0 radical (unpaired) electrons. The predicted molar refractivity (Wildman–Crippen MR) is 75.8 cm³/mol. The van der Waals surface area contributed by atoms with Gasteiger partial charge in [-0.2, -0.15) is 0 Å². The first kappa shape index (κ1) is 15.2. The molecule has 1 aliphatic rings. The fourth-order valence-electron chi connectivity index (χ4n) is 1.88. The van der Waals surface area contributed by atoms with Crippen LogP contribution >= 0.6 is 0 Å². The van der Waals surface area contributed by atoms with Crippen LogP contribution in [0.5, 0.6) is 0 Å². The third-order valence-corrected chi connectivity index (χ3v) is 4.87. The van der Waals surface area contributed by atoms with Gasteiger partial charge in [0.05, 0.1) is 11.1 Å². The zero-order valence-corrected chi connectivity index (χ0v) is 12.5. The van der Waals surface area contributed by atoms with Crippen molar-refractivity contribution in [3.05, 3.63) is 29.3 Å². The number of imide groups is 1. The van der Waals surface area contributed by atoms with Gasteiger partial charge in [0.15, 0.2) is 9.84 Å². The van der Waals surface area contributed by atoms with Crippen LogP contribution in [-0.4, -0.2) is 49.6 Å². The van der Waals surface area contributed by atoms with Crippen molar-refractivity contribution in [2.24, 2.45) is 0 Å². The van der Waals surface area contributed by atoms with E-state index < -0.39 is 32.8 Å². The number of carbonyl (C=O) groups is 3. The third-order valence-electron chi connectivity index (χ3n) is 3.37. The highest BCUT2D eigenvalue weighted by Gasteiger charge is 2.33. The molecule has 0 aromatic heterocycles. The summed E-state index contributed by atoms with van der Waals surface area (Å²) in [7, 11) is -2.13. The van der Waals surface area contributed by atoms with Gasteiger partial charge < -0.3 is 5.32 Å². The Kier molecular flexibility index (Phi) is 3.58. The van der Waals surface area contributed by atoms with Crippen LogP contribution in [0.4, 0.5) is 5.69 Å². The van der Waals surface area contributed by atoms with Crippen LogP contribution in [0, 0.1) is 0 Å². The van der Waals surface area contributed by atoms with E-state index in [0.717, 1.165) is 11.2 Å². The number of fused-ring (bicyclic) bond motifs is 1. The lowest BCUT2D eigenvalue weighted by Gasteiger charge is -2.10. The molecule has 0 saturated heterocycles. The zero-order chi connectivity index (χ0) is 15.9. The number of amides is 3. The van der Waals surface area contributed by atoms with E-state index in [0.29, 0.717) is 0 Å². The molecule has 0 bridgehead atoms. The molecule has 1 atom stereocenters. The average Bonchev–Trinajstić information content (AvgIpc) is 2.62. The van der Waals surface area contributed by atoms with Crippen molar-refractivity contribution in [1.82, 2.24) is 4.90 Å². The van der Waals surface area contributed by atoms with Gasteiger partial charge in [-0.1, -0.05) is 0 Å². The van der Waals surface area contributed by atoms with E-state index in [9.17, 15) is 22.8 Å². The predicted octanol–water partition coefficient (Wildman–Crippen LogP) is 0.284. The maximum Gasteiger partial charge on any atom is 0.261 e. The second-order valence-electron chi connectivity index (χ2n) is 4.89. The van der Waals surface area contributed by atoms with Crippen molar-refractivity contribution in [2.75, 3.05) is 18.6 Å². The van der Waals surface area contributed by atoms with Gasteiger partial charge >= 0.3 is 0 Å². The number of nitrogens with zero attached hydrogens (tertiary/aromatic N) is 1.